The molecular weight excluding hydrogens is 266 g/mol. The summed E-state index contributed by atoms with van der Waals surface area (Å²) >= 11 is 0. The monoisotopic (exact) mass is 277 g/mol. The highest BCUT2D eigenvalue weighted by Crippen LogP contribution is 2.14. The first-order valence-electron chi connectivity index (χ1n) is 5.44. The summed E-state index contributed by atoms with van der Waals surface area (Å²) in [5.74, 6) is 0.413. The van der Waals surface area contributed by atoms with Gasteiger partial charge in [-0.1, -0.05) is 17.3 Å². The van der Waals surface area contributed by atoms with Crippen LogP contribution in [0.2, 0.25) is 0 Å². The van der Waals surface area contributed by atoms with Crippen molar-refractivity contribution in [2.45, 2.75) is 18.4 Å². The zero-order valence-corrected chi connectivity index (χ0v) is 10.9. The molecule has 0 amide bonds. The predicted octanol–water partition coefficient (Wildman–Crippen LogP) is 1.33. The number of sulfonamides is 1. The molecule has 0 bridgehead atoms. The summed E-state index contributed by atoms with van der Waals surface area (Å²) in [6.45, 7) is 1.73. The third-order valence-corrected chi connectivity index (χ3v) is 3.87. The molecule has 0 unspecified atom stereocenters. The van der Waals surface area contributed by atoms with E-state index in [0.717, 1.165) is 0 Å². The number of aromatic nitrogens is 1. The van der Waals surface area contributed by atoms with Gasteiger partial charge in [-0.15, -0.1) is 0 Å². The molecule has 0 radical (unpaired) electrons. The van der Waals surface area contributed by atoms with Crippen LogP contribution in [0, 0.1) is 18.3 Å². The van der Waals surface area contributed by atoms with Crippen LogP contribution in [-0.4, -0.2) is 13.6 Å². The zero-order valence-electron chi connectivity index (χ0n) is 10.1. The Labute approximate surface area is 110 Å². The molecule has 19 heavy (non-hydrogen) atoms. The lowest BCUT2D eigenvalue weighted by Gasteiger charge is -2.06. The lowest BCUT2D eigenvalue weighted by molar-refractivity contribution is 0.377. The van der Waals surface area contributed by atoms with Gasteiger partial charge in [0, 0.05) is 6.07 Å². The average Bonchev–Trinajstić information content (AvgIpc) is 2.82. The van der Waals surface area contributed by atoms with Gasteiger partial charge in [0.2, 0.25) is 10.0 Å². The van der Waals surface area contributed by atoms with E-state index < -0.39 is 10.0 Å². The fraction of sp³-hybridized carbons (Fsp3) is 0.167. The van der Waals surface area contributed by atoms with Crippen LogP contribution in [0.5, 0.6) is 0 Å². The minimum absolute atomic E-state index is 0.0110. The van der Waals surface area contributed by atoms with Gasteiger partial charge in [-0.25, -0.2) is 13.1 Å². The molecule has 0 spiro atoms. The first-order valence-corrected chi connectivity index (χ1v) is 6.92. The molecule has 0 aliphatic heterocycles. The molecule has 0 aliphatic rings. The Kier molecular flexibility index (Phi) is 3.64. The molecule has 98 valence electrons. The second kappa shape index (κ2) is 5.22. The van der Waals surface area contributed by atoms with Gasteiger partial charge in [0.05, 0.1) is 22.7 Å². The van der Waals surface area contributed by atoms with E-state index in [1.54, 1.807) is 25.1 Å². The van der Waals surface area contributed by atoms with Crippen molar-refractivity contribution in [1.29, 1.82) is 5.26 Å². The molecule has 0 atom stereocenters. The summed E-state index contributed by atoms with van der Waals surface area (Å²) in [4.78, 5) is -0.0475. The Morgan fingerprint density at radius 2 is 2.16 bits per heavy atom. The van der Waals surface area contributed by atoms with E-state index in [1.807, 2.05) is 6.07 Å². The Morgan fingerprint density at radius 1 is 1.42 bits per heavy atom. The summed E-state index contributed by atoms with van der Waals surface area (Å²) < 4.78 is 31.4. The Hall–Kier alpha value is -2.17. The summed E-state index contributed by atoms with van der Waals surface area (Å²) in [7, 11) is -3.75. The number of aryl methyl sites for hydroxylation is 1. The number of nitrogens with zero attached hydrogens (tertiary/aromatic N) is 2. The SMILES string of the molecule is Cc1cc(CNS(=O)(=O)c2ccccc2C#N)on1. The molecule has 0 saturated heterocycles. The largest absolute Gasteiger partial charge is 0.360 e. The van der Waals surface area contributed by atoms with Gasteiger partial charge in [0.25, 0.3) is 0 Å². The summed E-state index contributed by atoms with van der Waals surface area (Å²) in [6.07, 6.45) is 0. The third kappa shape index (κ3) is 2.99. The van der Waals surface area contributed by atoms with Crippen molar-refractivity contribution in [3.8, 4) is 6.07 Å². The molecule has 2 aromatic rings. The molecular formula is C12H11N3O3S. The summed E-state index contributed by atoms with van der Waals surface area (Å²) in [5.41, 5.74) is 0.773. The first-order chi connectivity index (χ1) is 9.03. The molecule has 1 N–H and O–H groups in total. The van der Waals surface area contributed by atoms with Crippen LogP contribution >= 0.6 is 0 Å². The number of hydrogen-bond acceptors (Lipinski definition) is 5. The van der Waals surface area contributed by atoms with E-state index in [2.05, 4.69) is 9.88 Å². The summed E-state index contributed by atoms with van der Waals surface area (Å²) in [5, 5.41) is 12.6. The van der Waals surface area contributed by atoms with Crippen molar-refractivity contribution in [2.24, 2.45) is 0 Å². The van der Waals surface area contributed by atoms with Gasteiger partial charge in [-0.05, 0) is 19.1 Å². The Morgan fingerprint density at radius 3 is 2.79 bits per heavy atom. The van der Waals surface area contributed by atoms with Crippen molar-refractivity contribution in [3.05, 3.63) is 47.3 Å². The molecule has 0 fully saturated rings. The maximum Gasteiger partial charge on any atom is 0.242 e. The Bertz CT molecular complexity index is 729. The van der Waals surface area contributed by atoms with Crippen LogP contribution in [-0.2, 0) is 16.6 Å². The normalized spacial score (nSPS) is 11.2. The second-order valence-electron chi connectivity index (χ2n) is 3.87. The topological polar surface area (TPSA) is 96.0 Å². The van der Waals surface area contributed by atoms with Gasteiger partial charge in [0.15, 0.2) is 5.76 Å². The fourth-order valence-electron chi connectivity index (χ4n) is 1.54. The van der Waals surface area contributed by atoms with E-state index >= 15 is 0 Å². The maximum absolute atomic E-state index is 12.1. The van der Waals surface area contributed by atoms with Crippen LogP contribution in [0.15, 0.2) is 39.8 Å². The number of nitriles is 1. The lowest BCUT2D eigenvalue weighted by atomic mass is 10.2. The highest BCUT2D eigenvalue weighted by atomic mass is 32.2. The summed E-state index contributed by atoms with van der Waals surface area (Å²) in [6, 6.07) is 9.49. The van der Waals surface area contributed by atoms with Crippen LogP contribution in [0.4, 0.5) is 0 Å². The van der Waals surface area contributed by atoms with Gasteiger partial charge in [-0.2, -0.15) is 5.26 Å². The highest BCUT2D eigenvalue weighted by Gasteiger charge is 2.18. The standard InChI is InChI=1S/C12H11N3O3S/c1-9-6-11(18-15-9)8-14-19(16,17)12-5-3-2-4-10(12)7-13/h2-6,14H,8H2,1H3. The van der Waals surface area contributed by atoms with Gasteiger partial charge < -0.3 is 4.52 Å². The van der Waals surface area contributed by atoms with Crippen LogP contribution < -0.4 is 4.72 Å². The van der Waals surface area contributed by atoms with Crippen molar-refractivity contribution < 1.29 is 12.9 Å². The second-order valence-corrected chi connectivity index (χ2v) is 5.60. The fourth-order valence-corrected chi connectivity index (χ4v) is 2.69. The minimum atomic E-state index is -3.75. The number of hydrogen-bond donors (Lipinski definition) is 1. The first kappa shape index (κ1) is 13.3. The van der Waals surface area contributed by atoms with E-state index in [4.69, 9.17) is 9.78 Å². The highest BCUT2D eigenvalue weighted by molar-refractivity contribution is 7.89. The quantitative estimate of drug-likeness (QED) is 0.909. The molecule has 2 rings (SSSR count). The van der Waals surface area contributed by atoms with Crippen LogP contribution in [0.1, 0.15) is 17.0 Å². The average molecular weight is 277 g/mol. The van der Waals surface area contributed by atoms with E-state index in [9.17, 15) is 8.42 Å². The van der Waals surface area contributed by atoms with Crippen molar-refractivity contribution >= 4 is 10.0 Å². The van der Waals surface area contributed by atoms with E-state index in [0.29, 0.717) is 11.5 Å². The van der Waals surface area contributed by atoms with Gasteiger partial charge in [0.1, 0.15) is 6.07 Å². The molecule has 0 aliphatic carbocycles. The number of rotatable bonds is 4. The molecule has 1 aromatic heterocycles. The van der Waals surface area contributed by atoms with Gasteiger partial charge >= 0.3 is 0 Å². The molecule has 1 heterocycles. The minimum Gasteiger partial charge on any atom is -0.360 e. The molecule has 1 aromatic carbocycles. The van der Waals surface area contributed by atoms with E-state index in [1.165, 1.54) is 12.1 Å². The maximum atomic E-state index is 12.1. The predicted molar refractivity (Wildman–Crippen MR) is 66.4 cm³/mol. The van der Waals surface area contributed by atoms with Crippen LogP contribution in [0.25, 0.3) is 0 Å². The molecule has 0 saturated carbocycles. The molecule has 6 nitrogen and oxygen atoms in total. The van der Waals surface area contributed by atoms with Crippen LogP contribution in [0.3, 0.4) is 0 Å². The zero-order chi connectivity index (χ0) is 13.9. The van der Waals surface area contributed by atoms with Gasteiger partial charge in [-0.3, -0.25) is 0 Å². The number of nitrogens with one attached hydrogen (secondary N) is 1. The van der Waals surface area contributed by atoms with Crippen molar-refractivity contribution in [3.63, 3.8) is 0 Å². The molecule has 7 heteroatoms. The Balaban J connectivity index is 2.21. The van der Waals surface area contributed by atoms with Crippen molar-refractivity contribution in [1.82, 2.24) is 9.88 Å². The smallest absolute Gasteiger partial charge is 0.242 e. The third-order valence-electron chi connectivity index (χ3n) is 2.41. The number of benzene rings is 1. The lowest BCUT2D eigenvalue weighted by Crippen LogP contribution is -2.23. The van der Waals surface area contributed by atoms with Crippen molar-refractivity contribution in [2.75, 3.05) is 0 Å². The van der Waals surface area contributed by atoms with E-state index in [-0.39, 0.29) is 17.0 Å².